The summed E-state index contributed by atoms with van der Waals surface area (Å²) in [7, 11) is 0. The number of H-pyrrole nitrogens is 1. The Hall–Kier alpha value is -2.11. The average molecular weight is 277 g/mol. The second-order valence-electron chi connectivity index (χ2n) is 5.16. The second kappa shape index (κ2) is 5.11. The number of aromatic nitrogens is 2. The topological polar surface area (TPSA) is 66.9 Å². The highest BCUT2D eigenvalue weighted by atomic mass is 19.1. The van der Waals surface area contributed by atoms with Gasteiger partial charge in [-0.3, -0.25) is 9.36 Å². The van der Waals surface area contributed by atoms with Crippen LogP contribution in [0.25, 0.3) is 11.0 Å². The van der Waals surface area contributed by atoms with Gasteiger partial charge in [0.1, 0.15) is 5.82 Å². The van der Waals surface area contributed by atoms with Crippen molar-refractivity contribution in [3.05, 3.63) is 34.5 Å². The molecule has 1 aliphatic carbocycles. The Bertz CT molecular complexity index is 700. The molecule has 2 aromatic rings. The van der Waals surface area contributed by atoms with Crippen molar-refractivity contribution in [3.8, 4) is 0 Å². The molecule has 1 amide bonds. The summed E-state index contributed by atoms with van der Waals surface area (Å²) < 4.78 is 14.6. The number of fused-ring (bicyclic) bond motifs is 1. The molecule has 20 heavy (non-hydrogen) atoms. The molecule has 0 radical (unpaired) electrons. The van der Waals surface area contributed by atoms with Crippen LogP contribution in [0.15, 0.2) is 23.0 Å². The lowest BCUT2D eigenvalue weighted by Gasteiger charge is -2.24. The van der Waals surface area contributed by atoms with E-state index in [0.29, 0.717) is 24.1 Å². The average Bonchev–Trinajstić information content (AvgIpc) is 2.62. The Labute approximate surface area is 114 Å². The SMILES string of the molecule is O=C(NCCn1c(=O)[nH]c2cc(F)ccc21)C1CCC1. The number of rotatable bonds is 4. The number of carbonyl (C=O) groups is 1. The monoisotopic (exact) mass is 277 g/mol. The van der Waals surface area contributed by atoms with Gasteiger partial charge in [0.05, 0.1) is 11.0 Å². The van der Waals surface area contributed by atoms with E-state index < -0.39 is 0 Å². The molecule has 1 fully saturated rings. The molecular formula is C14H16FN3O2. The smallest absolute Gasteiger partial charge is 0.326 e. The van der Waals surface area contributed by atoms with Gasteiger partial charge >= 0.3 is 5.69 Å². The number of benzene rings is 1. The molecule has 1 aromatic carbocycles. The Morgan fingerprint density at radius 3 is 2.95 bits per heavy atom. The first-order valence-corrected chi connectivity index (χ1v) is 6.81. The van der Waals surface area contributed by atoms with Crippen LogP contribution in [0.1, 0.15) is 19.3 Å². The summed E-state index contributed by atoms with van der Waals surface area (Å²) >= 11 is 0. The summed E-state index contributed by atoms with van der Waals surface area (Å²) in [5, 5.41) is 2.84. The van der Waals surface area contributed by atoms with Crippen molar-refractivity contribution in [1.29, 1.82) is 0 Å². The van der Waals surface area contributed by atoms with Gasteiger partial charge in [0.25, 0.3) is 0 Å². The first-order valence-electron chi connectivity index (χ1n) is 6.81. The van der Waals surface area contributed by atoms with Crippen molar-refractivity contribution in [1.82, 2.24) is 14.9 Å². The van der Waals surface area contributed by atoms with Crippen LogP contribution in [0.5, 0.6) is 0 Å². The van der Waals surface area contributed by atoms with Gasteiger partial charge in [-0.1, -0.05) is 6.42 Å². The first-order chi connectivity index (χ1) is 9.65. The van der Waals surface area contributed by atoms with E-state index in [2.05, 4.69) is 10.3 Å². The highest BCUT2D eigenvalue weighted by Crippen LogP contribution is 2.26. The molecule has 0 spiro atoms. The number of hydrogen-bond donors (Lipinski definition) is 2. The highest BCUT2D eigenvalue weighted by molar-refractivity contribution is 5.79. The van der Waals surface area contributed by atoms with E-state index in [1.165, 1.54) is 16.7 Å². The molecule has 1 aliphatic rings. The predicted octanol–water partition coefficient (Wildman–Crippen LogP) is 1.38. The van der Waals surface area contributed by atoms with Crippen LogP contribution in [0.2, 0.25) is 0 Å². The third-order valence-electron chi connectivity index (χ3n) is 3.85. The molecule has 1 aromatic heterocycles. The van der Waals surface area contributed by atoms with Crippen LogP contribution in [0, 0.1) is 11.7 Å². The summed E-state index contributed by atoms with van der Waals surface area (Å²) in [6.45, 7) is 0.780. The molecule has 6 heteroatoms. The second-order valence-corrected chi connectivity index (χ2v) is 5.16. The summed E-state index contributed by atoms with van der Waals surface area (Å²) in [6, 6.07) is 4.18. The fourth-order valence-corrected chi connectivity index (χ4v) is 2.46. The summed E-state index contributed by atoms with van der Waals surface area (Å²) in [5.74, 6) is -0.178. The minimum Gasteiger partial charge on any atom is -0.354 e. The molecule has 3 rings (SSSR count). The van der Waals surface area contributed by atoms with Crippen LogP contribution in [-0.4, -0.2) is 22.0 Å². The number of imidazole rings is 1. The van der Waals surface area contributed by atoms with Gasteiger partial charge in [-0.15, -0.1) is 0 Å². The van der Waals surface area contributed by atoms with E-state index in [4.69, 9.17) is 0 Å². The Morgan fingerprint density at radius 1 is 1.45 bits per heavy atom. The van der Waals surface area contributed by atoms with Crippen LogP contribution < -0.4 is 11.0 Å². The first kappa shape index (κ1) is 12.9. The fraction of sp³-hybridized carbons (Fsp3) is 0.429. The molecule has 1 saturated carbocycles. The molecule has 2 N–H and O–H groups in total. The van der Waals surface area contributed by atoms with E-state index in [-0.39, 0.29) is 23.3 Å². The van der Waals surface area contributed by atoms with E-state index >= 15 is 0 Å². The van der Waals surface area contributed by atoms with Crippen LogP contribution >= 0.6 is 0 Å². The van der Waals surface area contributed by atoms with Crippen molar-refractivity contribution in [2.45, 2.75) is 25.8 Å². The number of aromatic amines is 1. The van der Waals surface area contributed by atoms with E-state index in [1.54, 1.807) is 6.07 Å². The van der Waals surface area contributed by atoms with Gasteiger partial charge in [0, 0.05) is 19.0 Å². The summed E-state index contributed by atoms with van der Waals surface area (Å²) in [4.78, 5) is 26.1. The maximum atomic E-state index is 13.1. The maximum absolute atomic E-state index is 13.1. The lowest BCUT2D eigenvalue weighted by atomic mass is 9.85. The lowest BCUT2D eigenvalue weighted by molar-refractivity contribution is -0.127. The fourth-order valence-electron chi connectivity index (χ4n) is 2.46. The lowest BCUT2D eigenvalue weighted by Crippen LogP contribution is -2.37. The Morgan fingerprint density at radius 2 is 2.25 bits per heavy atom. The third kappa shape index (κ3) is 2.33. The zero-order valence-corrected chi connectivity index (χ0v) is 11.0. The van der Waals surface area contributed by atoms with Crippen molar-refractivity contribution in [2.24, 2.45) is 5.92 Å². The van der Waals surface area contributed by atoms with E-state index in [0.717, 1.165) is 19.3 Å². The van der Waals surface area contributed by atoms with Gasteiger partial charge in [-0.2, -0.15) is 0 Å². The van der Waals surface area contributed by atoms with Crippen molar-refractivity contribution < 1.29 is 9.18 Å². The largest absolute Gasteiger partial charge is 0.354 e. The number of carbonyl (C=O) groups excluding carboxylic acids is 1. The molecule has 0 unspecified atom stereocenters. The van der Waals surface area contributed by atoms with Gasteiger partial charge < -0.3 is 10.3 Å². The van der Waals surface area contributed by atoms with Gasteiger partial charge in [-0.05, 0) is 31.0 Å². The molecule has 0 saturated heterocycles. The molecule has 5 nitrogen and oxygen atoms in total. The standard InChI is InChI=1S/C14H16FN3O2/c15-10-4-5-12-11(8-10)17-14(20)18(12)7-6-16-13(19)9-2-1-3-9/h4-5,8-9H,1-3,6-7H2,(H,16,19)(H,17,20). The van der Waals surface area contributed by atoms with Crippen molar-refractivity contribution >= 4 is 16.9 Å². The number of halogens is 1. The number of nitrogens with one attached hydrogen (secondary N) is 2. The Kier molecular flexibility index (Phi) is 3.30. The van der Waals surface area contributed by atoms with E-state index in [9.17, 15) is 14.0 Å². The van der Waals surface area contributed by atoms with Crippen LogP contribution in [-0.2, 0) is 11.3 Å². The maximum Gasteiger partial charge on any atom is 0.326 e. The normalized spacial score (nSPS) is 15.2. The minimum absolute atomic E-state index is 0.0650. The van der Waals surface area contributed by atoms with Gasteiger partial charge in [0.15, 0.2) is 0 Å². The van der Waals surface area contributed by atoms with Crippen LogP contribution in [0.4, 0.5) is 4.39 Å². The number of hydrogen-bond acceptors (Lipinski definition) is 2. The number of nitrogens with zero attached hydrogens (tertiary/aromatic N) is 1. The molecule has 0 atom stereocenters. The molecular weight excluding hydrogens is 261 g/mol. The molecule has 1 heterocycles. The summed E-state index contributed by atoms with van der Waals surface area (Å²) in [6.07, 6.45) is 3.03. The minimum atomic E-state index is -0.385. The molecule has 0 aliphatic heterocycles. The van der Waals surface area contributed by atoms with Gasteiger partial charge in [-0.25, -0.2) is 9.18 Å². The van der Waals surface area contributed by atoms with Crippen molar-refractivity contribution in [2.75, 3.05) is 6.54 Å². The van der Waals surface area contributed by atoms with Crippen molar-refractivity contribution in [3.63, 3.8) is 0 Å². The predicted molar refractivity (Wildman–Crippen MR) is 72.9 cm³/mol. The number of amides is 1. The zero-order chi connectivity index (χ0) is 14.1. The summed E-state index contributed by atoms with van der Waals surface area (Å²) in [5.41, 5.74) is 0.832. The zero-order valence-electron chi connectivity index (χ0n) is 11.0. The molecule has 106 valence electrons. The third-order valence-corrected chi connectivity index (χ3v) is 3.85. The quantitative estimate of drug-likeness (QED) is 0.886. The molecule has 0 bridgehead atoms. The highest BCUT2D eigenvalue weighted by Gasteiger charge is 2.24. The van der Waals surface area contributed by atoms with E-state index in [1.807, 2.05) is 0 Å². The van der Waals surface area contributed by atoms with Gasteiger partial charge in [0.2, 0.25) is 5.91 Å². The van der Waals surface area contributed by atoms with Crippen LogP contribution in [0.3, 0.4) is 0 Å². The Balaban J connectivity index is 1.69.